The molecule has 110 valence electrons. The fourth-order valence-corrected chi connectivity index (χ4v) is 3.29. The predicted octanol–water partition coefficient (Wildman–Crippen LogP) is 3.30. The van der Waals surface area contributed by atoms with Gasteiger partial charge in [0.15, 0.2) is 5.79 Å². The SMILES string of the molecule is CC1CCC(O)(c2ccc(C3(C)OCCO3)cc2)CC1. The summed E-state index contributed by atoms with van der Waals surface area (Å²) in [5.41, 5.74) is 1.39. The molecule has 0 spiro atoms. The van der Waals surface area contributed by atoms with Crippen LogP contribution >= 0.6 is 0 Å². The highest BCUT2D eigenvalue weighted by atomic mass is 16.7. The Morgan fingerprint density at radius 1 is 1.00 bits per heavy atom. The largest absolute Gasteiger partial charge is 0.385 e. The average molecular weight is 276 g/mol. The zero-order valence-electron chi connectivity index (χ0n) is 12.4. The van der Waals surface area contributed by atoms with Crippen LogP contribution in [0.15, 0.2) is 24.3 Å². The van der Waals surface area contributed by atoms with Crippen molar-refractivity contribution in [1.82, 2.24) is 0 Å². The van der Waals surface area contributed by atoms with Gasteiger partial charge in [-0.1, -0.05) is 31.2 Å². The normalized spacial score (nSPS) is 33.2. The van der Waals surface area contributed by atoms with E-state index in [0.29, 0.717) is 13.2 Å². The van der Waals surface area contributed by atoms with Gasteiger partial charge in [-0.05, 0) is 44.1 Å². The Labute approximate surface area is 120 Å². The quantitative estimate of drug-likeness (QED) is 0.900. The first-order valence-corrected chi connectivity index (χ1v) is 7.63. The Bertz CT molecular complexity index is 452. The Hall–Kier alpha value is -0.900. The van der Waals surface area contributed by atoms with Crippen LogP contribution in [-0.4, -0.2) is 18.3 Å². The molecule has 3 rings (SSSR count). The van der Waals surface area contributed by atoms with Gasteiger partial charge in [-0.25, -0.2) is 0 Å². The van der Waals surface area contributed by atoms with Crippen molar-refractivity contribution in [1.29, 1.82) is 0 Å². The summed E-state index contributed by atoms with van der Waals surface area (Å²) in [6, 6.07) is 8.11. The molecule has 2 aliphatic rings. The van der Waals surface area contributed by atoms with Crippen LogP contribution in [0, 0.1) is 5.92 Å². The van der Waals surface area contributed by atoms with Crippen LogP contribution in [0.1, 0.15) is 50.7 Å². The van der Waals surface area contributed by atoms with Crippen molar-refractivity contribution >= 4 is 0 Å². The molecular formula is C17H24O3. The number of hydrogen-bond acceptors (Lipinski definition) is 3. The molecular weight excluding hydrogens is 252 g/mol. The van der Waals surface area contributed by atoms with E-state index in [1.807, 2.05) is 31.2 Å². The van der Waals surface area contributed by atoms with Crippen molar-refractivity contribution in [2.75, 3.05) is 13.2 Å². The highest BCUT2D eigenvalue weighted by Gasteiger charge is 2.36. The van der Waals surface area contributed by atoms with Crippen LogP contribution in [0.5, 0.6) is 0 Å². The summed E-state index contributed by atoms with van der Waals surface area (Å²) in [5.74, 6) is 0.108. The fraction of sp³-hybridized carbons (Fsp3) is 0.647. The third kappa shape index (κ3) is 2.50. The number of hydrogen-bond donors (Lipinski definition) is 1. The minimum atomic E-state index is -0.649. The standard InChI is InChI=1S/C17H24O3/c1-13-7-9-17(18,10-8-13)15-5-3-14(4-6-15)16(2)19-11-12-20-16/h3-6,13,18H,7-12H2,1-2H3. The van der Waals surface area contributed by atoms with E-state index < -0.39 is 11.4 Å². The van der Waals surface area contributed by atoms with Crippen molar-refractivity contribution in [2.45, 2.75) is 50.9 Å². The lowest BCUT2D eigenvalue weighted by Crippen LogP contribution is -2.31. The van der Waals surface area contributed by atoms with Crippen molar-refractivity contribution in [3.63, 3.8) is 0 Å². The van der Waals surface area contributed by atoms with Gasteiger partial charge in [0.1, 0.15) is 0 Å². The molecule has 3 nitrogen and oxygen atoms in total. The lowest BCUT2D eigenvalue weighted by molar-refractivity contribution is -0.149. The van der Waals surface area contributed by atoms with E-state index in [4.69, 9.17) is 9.47 Å². The number of ether oxygens (including phenoxy) is 2. The van der Waals surface area contributed by atoms with E-state index in [1.54, 1.807) is 0 Å². The topological polar surface area (TPSA) is 38.7 Å². The molecule has 1 aliphatic carbocycles. The molecule has 1 N–H and O–H groups in total. The van der Waals surface area contributed by atoms with Crippen LogP contribution in [0.3, 0.4) is 0 Å². The van der Waals surface area contributed by atoms with Gasteiger partial charge in [-0.3, -0.25) is 0 Å². The second kappa shape index (κ2) is 5.14. The Kier molecular flexibility index (Phi) is 3.61. The third-order valence-corrected chi connectivity index (χ3v) is 4.89. The van der Waals surface area contributed by atoms with Gasteiger partial charge in [-0.15, -0.1) is 0 Å². The zero-order chi connectivity index (χ0) is 14.2. The fourth-order valence-electron chi connectivity index (χ4n) is 3.29. The van der Waals surface area contributed by atoms with Crippen LogP contribution in [0.2, 0.25) is 0 Å². The summed E-state index contributed by atoms with van der Waals surface area (Å²) in [7, 11) is 0. The molecule has 0 amide bonds. The smallest absolute Gasteiger partial charge is 0.192 e. The molecule has 0 bridgehead atoms. The number of rotatable bonds is 2. The molecule has 1 aliphatic heterocycles. The average Bonchev–Trinajstić information content (AvgIpc) is 2.91. The van der Waals surface area contributed by atoms with Crippen LogP contribution in [0.4, 0.5) is 0 Å². The second-order valence-corrected chi connectivity index (χ2v) is 6.43. The van der Waals surface area contributed by atoms with Crippen LogP contribution in [-0.2, 0) is 20.9 Å². The Morgan fingerprint density at radius 2 is 1.50 bits per heavy atom. The zero-order valence-corrected chi connectivity index (χ0v) is 12.4. The summed E-state index contributed by atoms with van der Waals surface area (Å²) in [5, 5.41) is 10.8. The maximum atomic E-state index is 10.8. The number of aliphatic hydroxyl groups is 1. The maximum absolute atomic E-state index is 10.8. The van der Waals surface area contributed by atoms with Crippen LogP contribution in [0.25, 0.3) is 0 Å². The number of benzene rings is 1. The second-order valence-electron chi connectivity index (χ2n) is 6.43. The first-order valence-electron chi connectivity index (χ1n) is 7.63. The first kappa shape index (κ1) is 14.1. The molecule has 1 heterocycles. The first-order chi connectivity index (χ1) is 9.52. The highest BCUT2D eigenvalue weighted by Crippen LogP contribution is 2.40. The van der Waals surface area contributed by atoms with E-state index >= 15 is 0 Å². The molecule has 0 aromatic heterocycles. The van der Waals surface area contributed by atoms with Gasteiger partial charge >= 0.3 is 0 Å². The molecule has 1 aromatic carbocycles. The molecule has 0 atom stereocenters. The minimum absolute atomic E-state index is 0.623. The lowest BCUT2D eigenvalue weighted by Gasteiger charge is -2.35. The van der Waals surface area contributed by atoms with E-state index in [-0.39, 0.29) is 0 Å². The molecule has 1 saturated heterocycles. The summed E-state index contributed by atoms with van der Waals surface area (Å²) >= 11 is 0. The van der Waals surface area contributed by atoms with E-state index in [9.17, 15) is 5.11 Å². The van der Waals surface area contributed by atoms with Crippen molar-refractivity contribution in [2.24, 2.45) is 5.92 Å². The van der Waals surface area contributed by atoms with Gasteiger partial charge < -0.3 is 14.6 Å². The van der Waals surface area contributed by atoms with E-state index in [0.717, 1.165) is 42.7 Å². The monoisotopic (exact) mass is 276 g/mol. The molecule has 3 heteroatoms. The molecule has 1 saturated carbocycles. The summed E-state index contributed by atoms with van der Waals surface area (Å²) in [4.78, 5) is 0. The molecule has 1 aromatic rings. The van der Waals surface area contributed by atoms with Crippen molar-refractivity contribution in [3.8, 4) is 0 Å². The van der Waals surface area contributed by atoms with E-state index in [1.165, 1.54) is 0 Å². The van der Waals surface area contributed by atoms with E-state index in [2.05, 4.69) is 6.92 Å². The summed E-state index contributed by atoms with van der Waals surface area (Å²) in [6.45, 7) is 5.49. The third-order valence-electron chi connectivity index (χ3n) is 4.89. The van der Waals surface area contributed by atoms with Gasteiger partial charge in [0, 0.05) is 5.56 Å². The summed E-state index contributed by atoms with van der Waals surface area (Å²) < 4.78 is 11.3. The van der Waals surface area contributed by atoms with Gasteiger partial charge in [0.05, 0.1) is 18.8 Å². The minimum Gasteiger partial charge on any atom is -0.385 e. The Morgan fingerprint density at radius 3 is 2.05 bits per heavy atom. The molecule has 2 fully saturated rings. The van der Waals surface area contributed by atoms with Crippen molar-refractivity contribution in [3.05, 3.63) is 35.4 Å². The van der Waals surface area contributed by atoms with Gasteiger partial charge in [0.25, 0.3) is 0 Å². The molecule has 20 heavy (non-hydrogen) atoms. The van der Waals surface area contributed by atoms with Gasteiger partial charge in [-0.2, -0.15) is 0 Å². The highest BCUT2D eigenvalue weighted by molar-refractivity contribution is 5.30. The predicted molar refractivity (Wildman–Crippen MR) is 77.2 cm³/mol. The van der Waals surface area contributed by atoms with Crippen molar-refractivity contribution < 1.29 is 14.6 Å². The molecule has 0 radical (unpaired) electrons. The van der Waals surface area contributed by atoms with Crippen LogP contribution < -0.4 is 0 Å². The molecule has 0 unspecified atom stereocenters. The maximum Gasteiger partial charge on any atom is 0.192 e. The summed E-state index contributed by atoms with van der Waals surface area (Å²) in [6.07, 6.45) is 3.92. The van der Waals surface area contributed by atoms with Gasteiger partial charge in [0.2, 0.25) is 0 Å². The lowest BCUT2D eigenvalue weighted by atomic mass is 9.75. The Balaban J connectivity index is 1.79.